The molecule has 0 bridgehead atoms. The van der Waals surface area contributed by atoms with E-state index in [9.17, 15) is 5.11 Å². The van der Waals surface area contributed by atoms with Crippen LogP contribution < -0.4 is 4.74 Å². The number of phenols is 1. The van der Waals surface area contributed by atoms with E-state index in [1.165, 1.54) is 47.9 Å². The van der Waals surface area contributed by atoms with Crippen molar-refractivity contribution in [3.63, 3.8) is 0 Å². The Kier molecular flexibility index (Phi) is 3.76. The van der Waals surface area contributed by atoms with E-state index in [1.807, 2.05) is 6.07 Å². The number of benzene rings is 2. The van der Waals surface area contributed by atoms with Crippen LogP contribution in [0.25, 0.3) is 11.1 Å². The lowest BCUT2D eigenvalue weighted by molar-refractivity contribution is 0.414. The Morgan fingerprint density at radius 2 is 1.30 bits per heavy atom. The minimum Gasteiger partial charge on any atom is -0.507 e. The maximum absolute atomic E-state index is 10.7. The number of hydrogen-bond donors (Lipinski definition) is 1. The number of aromatic hydroxyl groups is 1. The van der Waals surface area contributed by atoms with Crippen molar-refractivity contribution in [2.24, 2.45) is 0 Å². The number of fused-ring (bicyclic) bond motifs is 2. The van der Waals surface area contributed by atoms with Crippen LogP contribution in [-0.4, -0.2) is 12.2 Å². The molecule has 2 aromatic rings. The topological polar surface area (TPSA) is 29.5 Å². The molecule has 0 atom stereocenters. The lowest BCUT2D eigenvalue weighted by atomic mass is 9.80. The predicted molar refractivity (Wildman–Crippen MR) is 93.4 cm³/mol. The smallest absolute Gasteiger partial charge is 0.127 e. The Morgan fingerprint density at radius 1 is 0.739 bits per heavy atom. The first-order valence-corrected chi connectivity index (χ1v) is 8.82. The minimum absolute atomic E-state index is 0.405. The quantitative estimate of drug-likeness (QED) is 0.861. The molecule has 4 rings (SSSR count). The molecule has 2 aliphatic carbocycles. The van der Waals surface area contributed by atoms with Crippen LogP contribution in [0.3, 0.4) is 0 Å². The summed E-state index contributed by atoms with van der Waals surface area (Å²) in [5, 5.41) is 10.7. The molecular weight excluding hydrogens is 284 g/mol. The van der Waals surface area contributed by atoms with Gasteiger partial charge in [-0.05, 0) is 85.8 Å². The molecule has 0 aliphatic heterocycles. The molecule has 0 fully saturated rings. The first-order valence-electron chi connectivity index (χ1n) is 8.82. The Morgan fingerprint density at radius 3 is 1.96 bits per heavy atom. The van der Waals surface area contributed by atoms with Gasteiger partial charge in [-0.25, -0.2) is 0 Å². The number of methoxy groups -OCH3 is 1. The van der Waals surface area contributed by atoms with E-state index in [0.29, 0.717) is 5.75 Å². The molecule has 0 heterocycles. The van der Waals surface area contributed by atoms with Crippen molar-refractivity contribution in [3.05, 3.63) is 46.5 Å². The Labute approximate surface area is 138 Å². The van der Waals surface area contributed by atoms with E-state index in [2.05, 4.69) is 18.2 Å². The van der Waals surface area contributed by atoms with Gasteiger partial charge in [0, 0.05) is 11.1 Å². The second kappa shape index (κ2) is 5.92. The van der Waals surface area contributed by atoms with Crippen molar-refractivity contribution in [2.45, 2.75) is 51.4 Å². The van der Waals surface area contributed by atoms with Crippen molar-refractivity contribution in [1.29, 1.82) is 0 Å². The van der Waals surface area contributed by atoms with E-state index in [-0.39, 0.29) is 0 Å². The lowest BCUT2D eigenvalue weighted by Crippen LogP contribution is -2.09. The molecule has 2 aliphatic rings. The highest BCUT2D eigenvalue weighted by molar-refractivity contribution is 5.83. The summed E-state index contributed by atoms with van der Waals surface area (Å²) >= 11 is 0. The van der Waals surface area contributed by atoms with Gasteiger partial charge in [-0.3, -0.25) is 0 Å². The van der Waals surface area contributed by atoms with Crippen LogP contribution in [0, 0.1) is 0 Å². The number of aryl methyl sites for hydroxylation is 2. The number of rotatable bonds is 2. The second-order valence-corrected chi connectivity index (χ2v) is 6.79. The van der Waals surface area contributed by atoms with E-state index in [0.717, 1.165) is 42.6 Å². The fourth-order valence-corrected chi connectivity index (χ4v) is 4.35. The van der Waals surface area contributed by atoms with Crippen molar-refractivity contribution in [3.8, 4) is 22.6 Å². The molecule has 23 heavy (non-hydrogen) atoms. The Hall–Kier alpha value is -1.96. The molecule has 0 aromatic heterocycles. The molecule has 0 unspecified atom stereocenters. The summed E-state index contributed by atoms with van der Waals surface area (Å²) in [6.45, 7) is 0. The van der Waals surface area contributed by atoms with Gasteiger partial charge in [0.15, 0.2) is 0 Å². The van der Waals surface area contributed by atoms with Gasteiger partial charge in [0.2, 0.25) is 0 Å². The Balaban J connectivity index is 2.01. The number of ether oxygens (including phenoxy) is 1. The van der Waals surface area contributed by atoms with Gasteiger partial charge >= 0.3 is 0 Å². The third-order valence-corrected chi connectivity index (χ3v) is 5.48. The van der Waals surface area contributed by atoms with E-state index in [1.54, 1.807) is 7.11 Å². The van der Waals surface area contributed by atoms with Crippen LogP contribution in [0.15, 0.2) is 24.3 Å². The fourth-order valence-electron chi connectivity index (χ4n) is 4.35. The van der Waals surface area contributed by atoms with Gasteiger partial charge < -0.3 is 9.84 Å². The zero-order valence-corrected chi connectivity index (χ0v) is 13.8. The van der Waals surface area contributed by atoms with Crippen LogP contribution in [0.2, 0.25) is 0 Å². The van der Waals surface area contributed by atoms with Crippen LogP contribution in [0.1, 0.15) is 47.9 Å². The highest BCUT2D eigenvalue weighted by Crippen LogP contribution is 2.46. The van der Waals surface area contributed by atoms with Gasteiger partial charge in [0.25, 0.3) is 0 Å². The molecule has 0 amide bonds. The average Bonchev–Trinajstić information content (AvgIpc) is 2.61. The summed E-state index contributed by atoms with van der Waals surface area (Å²) in [6.07, 6.45) is 9.36. The molecular formula is C21H24O2. The van der Waals surface area contributed by atoms with E-state index < -0.39 is 0 Å². The zero-order valence-electron chi connectivity index (χ0n) is 13.8. The maximum atomic E-state index is 10.7. The number of phenolic OH excluding ortho intramolecular Hbond substituents is 1. The lowest BCUT2D eigenvalue weighted by Gasteiger charge is -2.26. The summed E-state index contributed by atoms with van der Waals surface area (Å²) < 4.78 is 5.70. The predicted octanol–water partition coefficient (Wildman–Crippen LogP) is 4.83. The molecule has 0 saturated heterocycles. The largest absolute Gasteiger partial charge is 0.507 e. The van der Waals surface area contributed by atoms with Crippen LogP contribution >= 0.6 is 0 Å². The molecule has 0 saturated carbocycles. The molecule has 2 heteroatoms. The second-order valence-electron chi connectivity index (χ2n) is 6.79. The Bertz CT molecular complexity index is 746. The molecule has 120 valence electrons. The van der Waals surface area contributed by atoms with Crippen molar-refractivity contribution in [1.82, 2.24) is 0 Å². The normalized spacial score (nSPS) is 16.6. The molecule has 1 N–H and O–H groups in total. The molecule has 2 aromatic carbocycles. The van der Waals surface area contributed by atoms with Gasteiger partial charge in [-0.15, -0.1) is 0 Å². The van der Waals surface area contributed by atoms with Crippen molar-refractivity contribution in [2.75, 3.05) is 7.11 Å². The van der Waals surface area contributed by atoms with E-state index in [4.69, 9.17) is 4.74 Å². The first-order chi connectivity index (χ1) is 11.3. The standard InChI is InChI=1S/C21H24O2/c1-23-19-13-11-15-7-3-5-9-17(15)21(19)20-16-8-4-2-6-14(16)10-12-18(20)22/h10-13,22H,2-9H2,1H3. The van der Waals surface area contributed by atoms with E-state index >= 15 is 0 Å². The minimum atomic E-state index is 0.405. The average molecular weight is 308 g/mol. The monoisotopic (exact) mass is 308 g/mol. The zero-order chi connectivity index (χ0) is 15.8. The van der Waals surface area contributed by atoms with Crippen molar-refractivity contribution < 1.29 is 9.84 Å². The summed E-state index contributed by atoms with van der Waals surface area (Å²) in [5.41, 5.74) is 7.76. The van der Waals surface area contributed by atoms with Crippen LogP contribution in [-0.2, 0) is 25.7 Å². The molecule has 0 spiro atoms. The fraction of sp³-hybridized carbons (Fsp3) is 0.429. The summed E-state index contributed by atoms with van der Waals surface area (Å²) in [6, 6.07) is 8.28. The van der Waals surface area contributed by atoms with Gasteiger partial charge in [-0.2, -0.15) is 0 Å². The SMILES string of the molecule is COc1ccc2c(c1-c1c(O)ccc3c1CCCC3)CCCC2. The van der Waals surface area contributed by atoms with Gasteiger partial charge in [0.05, 0.1) is 7.11 Å². The van der Waals surface area contributed by atoms with Gasteiger partial charge in [-0.1, -0.05) is 12.1 Å². The maximum Gasteiger partial charge on any atom is 0.127 e. The highest BCUT2D eigenvalue weighted by atomic mass is 16.5. The third kappa shape index (κ3) is 2.41. The molecule has 0 radical (unpaired) electrons. The first kappa shape index (κ1) is 14.6. The summed E-state index contributed by atoms with van der Waals surface area (Å²) in [7, 11) is 1.74. The highest BCUT2D eigenvalue weighted by Gasteiger charge is 2.25. The van der Waals surface area contributed by atoms with Gasteiger partial charge in [0.1, 0.15) is 11.5 Å². The summed E-state index contributed by atoms with van der Waals surface area (Å²) in [5.74, 6) is 1.31. The number of hydrogen-bond acceptors (Lipinski definition) is 2. The van der Waals surface area contributed by atoms with Crippen molar-refractivity contribution >= 4 is 0 Å². The third-order valence-electron chi connectivity index (χ3n) is 5.48. The molecule has 2 nitrogen and oxygen atoms in total. The van der Waals surface area contributed by atoms with Crippen LogP contribution in [0.5, 0.6) is 11.5 Å². The van der Waals surface area contributed by atoms with Crippen LogP contribution in [0.4, 0.5) is 0 Å². The summed E-state index contributed by atoms with van der Waals surface area (Å²) in [4.78, 5) is 0.